The van der Waals surface area contributed by atoms with Gasteiger partial charge in [-0.05, 0) is 58.2 Å². The van der Waals surface area contributed by atoms with Gasteiger partial charge in [-0.15, -0.1) is 0 Å². The molecule has 1 aromatic carbocycles. The summed E-state index contributed by atoms with van der Waals surface area (Å²) in [5.41, 5.74) is 0.813. The molecule has 1 aliphatic rings. The summed E-state index contributed by atoms with van der Waals surface area (Å²) < 4.78 is 27.0. The molecule has 1 N–H and O–H groups in total. The Morgan fingerprint density at radius 2 is 1.74 bits per heavy atom. The number of sulfonamides is 1. The SMILES string of the molecule is Cc1ccc(S(=O)(=O)N2CCCCC2)cc1C(=O)NC(C)(C)C. The highest BCUT2D eigenvalue weighted by atomic mass is 32.2. The Morgan fingerprint density at radius 3 is 2.30 bits per heavy atom. The van der Waals surface area contributed by atoms with Crippen molar-refractivity contribution in [3.8, 4) is 0 Å². The number of carbonyl (C=O) groups is 1. The molecule has 2 rings (SSSR count). The number of carbonyl (C=O) groups excluding carboxylic acids is 1. The zero-order chi connectivity index (χ0) is 17.3. The lowest BCUT2D eigenvalue weighted by Gasteiger charge is -2.26. The van der Waals surface area contributed by atoms with Gasteiger partial charge in [0.05, 0.1) is 4.90 Å². The summed E-state index contributed by atoms with van der Waals surface area (Å²) >= 11 is 0. The highest BCUT2D eigenvalue weighted by Gasteiger charge is 2.27. The molecule has 23 heavy (non-hydrogen) atoms. The average Bonchev–Trinajstić information content (AvgIpc) is 2.46. The van der Waals surface area contributed by atoms with Crippen LogP contribution >= 0.6 is 0 Å². The molecule has 128 valence electrons. The van der Waals surface area contributed by atoms with Crippen LogP contribution in [0.4, 0.5) is 0 Å². The van der Waals surface area contributed by atoms with Gasteiger partial charge in [-0.2, -0.15) is 4.31 Å². The van der Waals surface area contributed by atoms with Crippen molar-refractivity contribution in [2.75, 3.05) is 13.1 Å². The van der Waals surface area contributed by atoms with Gasteiger partial charge in [0, 0.05) is 24.2 Å². The maximum atomic E-state index is 12.8. The second-order valence-corrected chi connectivity index (χ2v) is 9.08. The van der Waals surface area contributed by atoms with E-state index in [4.69, 9.17) is 0 Å². The number of rotatable bonds is 3. The van der Waals surface area contributed by atoms with Gasteiger partial charge in [0.25, 0.3) is 5.91 Å². The van der Waals surface area contributed by atoms with E-state index in [0.717, 1.165) is 24.8 Å². The van der Waals surface area contributed by atoms with Crippen molar-refractivity contribution in [2.24, 2.45) is 0 Å². The third-order valence-corrected chi connectivity index (χ3v) is 5.79. The van der Waals surface area contributed by atoms with E-state index < -0.39 is 10.0 Å². The summed E-state index contributed by atoms with van der Waals surface area (Å²) in [5, 5.41) is 2.89. The predicted molar refractivity (Wildman–Crippen MR) is 91.0 cm³/mol. The molecule has 0 radical (unpaired) electrons. The van der Waals surface area contributed by atoms with E-state index >= 15 is 0 Å². The lowest BCUT2D eigenvalue weighted by Crippen LogP contribution is -2.41. The lowest BCUT2D eigenvalue weighted by molar-refractivity contribution is 0.0918. The molecule has 1 fully saturated rings. The van der Waals surface area contributed by atoms with Crippen LogP contribution in [0.15, 0.2) is 23.1 Å². The Labute approximate surface area is 139 Å². The smallest absolute Gasteiger partial charge is 0.251 e. The fourth-order valence-electron chi connectivity index (χ4n) is 2.67. The first kappa shape index (κ1) is 17.9. The van der Waals surface area contributed by atoms with Crippen LogP contribution < -0.4 is 5.32 Å². The number of nitrogens with one attached hydrogen (secondary N) is 1. The van der Waals surface area contributed by atoms with Crippen LogP contribution in [-0.4, -0.2) is 37.3 Å². The van der Waals surface area contributed by atoms with Gasteiger partial charge in [0.15, 0.2) is 0 Å². The standard InChI is InChI=1S/C17H26N2O3S/c1-13-8-9-14(12-15(13)16(20)18-17(2,3)4)23(21,22)19-10-6-5-7-11-19/h8-9,12H,5-7,10-11H2,1-4H3,(H,18,20). The number of piperidine rings is 1. The van der Waals surface area contributed by atoms with Crippen molar-refractivity contribution in [3.63, 3.8) is 0 Å². The summed E-state index contributed by atoms with van der Waals surface area (Å²) in [6.45, 7) is 8.62. The van der Waals surface area contributed by atoms with Gasteiger partial charge in [0.1, 0.15) is 0 Å². The molecule has 1 aromatic rings. The topological polar surface area (TPSA) is 66.5 Å². The largest absolute Gasteiger partial charge is 0.347 e. The van der Waals surface area contributed by atoms with Crippen molar-refractivity contribution >= 4 is 15.9 Å². The summed E-state index contributed by atoms with van der Waals surface area (Å²) in [4.78, 5) is 12.6. The third kappa shape index (κ3) is 4.32. The predicted octanol–water partition coefficient (Wildman–Crippen LogP) is 2.70. The van der Waals surface area contributed by atoms with Crippen LogP contribution in [0.3, 0.4) is 0 Å². The average molecular weight is 338 g/mol. The molecule has 0 atom stereocenters. The number of benzene rings is 1. The van der Waals surface area contributed by atoms with E-state index in [2.05, 4.69) is 5.32 Å². The number of nitrogens with zero attached hydrogens (tertiary/aromatic N) is 1. The van der Waals surface area contributed by atoms with Gasteiger partial charge in [0.2, 0.25) is 10.0 Å². The number of hydrogen-bond acceptors (Lipinski definition) is 3. The fraction of sp³-hybridized carbons (Fsp3) is 0.588. The van der Waals surface area contributed by atoms with Crippen LogP contribution in [0, 0.1) is 6.92 Å². The van der Waals surface area contributed by atoms with E-state index in [-0.39, 0.29) is 16.3 Å². The van der Waals surface area contributed by atoms with Crippen LogP contribution in [0.25, 0.3) is 0 Å². The number of aryl methyl sites for hydroxylation is 1. The van der Waals surface area contributed by atoms with Crippen LogP contribution in [0.2, 0.25) is 0 Å². The minimum Gasteiger partial charge on any atom is -0.347 e. The Morgan fingerprint density at radius 1 is 1.13 bits per heavy atom. The molecule has 5 nitrogen and oxygen atoms in total. The molecular formula is C17H26N2O3S. The minimum absolute atomic E-state index is 0.198. The highest BCUT2D eigenvalue weighted by molar-refractivity contribution is 7.89. The van der Waals surface area contributed by atoms with E-state index in [0.29, 0.717) is 18.7 Å². The van der Waals surface area contributed by atoms with Gasteiger partial charge >= 0.3 is 0 Å². The summed E-state index contributed by atoms with van der Waals surface area (Å²) in [7, 11) is -3.53. The first-order valence-corrected chi connectivity index (χ1v) is 9.48. The molecular weight excluding hydrogens is 312 g/mol. The lowest BCUT2D eigenvalue weighted by atomic mass is 10.0. The van der Waals surface area contributed by atoms with E-state index in [9.17, 15) is 13.2 Å². The Bertz CT molecular complexity index is 684. The van der Waals surface area contributed by atoms with Crippen molar-refractivity contribution in [1.29, 1.82) is 0 Å². The van der Waals surface area contributed by atoms with Crippen LogP contribution in [0.1, 0.15) is 56.0 Å². The molecule has 1 heterocycles. The molecule has 0 saturated carbocycles. The molecule has 6 heteroatoms. The molecule has 1 amide bonds. The Kier molecular flexibility index (Phi) is 5.16. The zero-order valence-electron chi connectivity index (χ0n) is 14.3. The van der Waals surface area contributed by atoms with E-state index in [1.54, 1.807) is 12.1 Å². The molecule has 0 unspecified atom stereocenters. The second kappa shape index (κ2) is 6.61. The van der Waals surface area contributed by atoms with E-state index in [1.165, 1.54) is 10.4 Å². The molecule has 1 aliphatic heterocycles. The van der Waals surface area contributed by atoms with Gasteiger partial charge in [-0.25, -0.2) is 8.42 Å². The van der Waals surface area contributed by atoms with Crippen molar-refractivity contribution < 1.29 is 13.2 Å². The van der Waals surface area contributed by atoms with Crippen LogP contribution in [-0.2, 0) is 10.0 Å². The molecule has 0 aliphatic carbocycles. The maximum absolute atomic E-state index is 12.8. The summed E-state index contributed by atoms with van der Waals surface area (Å²) in [6.07, 6.45) is 2.85. The number of hydrogen-bond donors (Lipinski definition) is 1. The van der Waals surface area contributed by atoms with Gasteiger partial charge < -0.3 is 5.32 Å². The molecule has 0 bridgehead atoms. The van der Waals surface area contributed by atoms with Crippen molar-refractivity contribution in [3.05, 3.63) is 29.3 Å². The van der Waals surface area contributed by atoms with Gasteiger partial charge in [-0.3, -0.25) is 4.79 Å². The second-order valence-electron chi connectivity index (χ2n) is 7.15. The molecule has 0 spiro atoms. The first-order valence-electron chi connectivity index (χ1n) is 8.04. The summed E-state index contributed by atoms with van der Waals surface area (Å²) in [5.74, 6) is -0.245. The Balaban J connectivity index is 2.34. The van der Waals surface area contributed by atoms with E-state index in [1.807, 2.05) is 27.7 Å². The third-order valence-electron chi connectivity index (χ3n) is 3.89. The quantitative estimate of drug-likeness (QED) is 0.921. The summed E-state index contributed by atoms with van der Waals surface area (Å²) in [6, 6.07) is 4.79. The van der Waals surface area contributed by atoms with Crippen molar-refractivity contribution in [2.45, 2.75) is 57.4 Å². The molecule has 1 saturated heterocycles. The van der Waals surface area contributed by atoms with Crippen LogP contribution in [0.5, 0.6) is 0 Å². The monoisotopic (exact) mass is 338 g/mol. The minimum atomic E-state index is -3.53. The highest BCUT2D eigenvalue weighted by Crippen LogP contribution is 2.23. The number of amides is 1. The van der Waals surface area contributed by atoms with Crippen molar-refractivity contribution in [1.82, 2.24) is 9.62 Å². The normalized spacial score (nSPS) is 17.0. The Hall–Kier alpha value is -1.40. The first-order chi connectivity index (χ1) is 10.6. The van der Waals surface area contributed by atoms with Gasteiger partial charge in [-0.1, -0.05) is 12.5 Å². The fourth-order valence-corrected chi connectivity index (χ4v) is 4.21. The maximum Gasteiger partial charge on any atom is 0.251 e. The molecule has 0 aromatic heterocycles. The zero-order valence-corrected chi connectivity index (χ0v) is 15.2.